The Kier molecular flexibility index (Phi) is 3.80. The second-order valence-corrected chi connectivity index (χ2v) is 5.84. The van der Waals surface area contributed by atoms with Crippen LogP contribution in [0.5, 0.6) is 0 Å². The number of aryl methyl sites for hydroxylation is 1. The van der Waals surface area contributed by atoms with Gasteiger partial charge in [0, 0.05) is 28.6 Å². The molecule has 0 fully saturated rings. The second-order valence-electron chi connectivity index (χ2n) is 4.99. The average molecular weight is 343 g/mol. The van der Waals surface area contributed by atoms with Crippen LogP contribution in [0.15, 0.2) is 59.2 Å². The van der Waals surface area contributed by atoms with E-state index in [9.17, 15) is 4.79 Å². The molecule has 3 nitrogen and oxygen atoms in total. The first kappa shape index (κ1) is 13.9. The third kappa shape index (κ3) is 2.85. The van der Waals surface area contributed by atoms with E-state index in [4.69, 9.17) is 0 Å². The molecule has 3 rings (SSSR count). The van der Waals surface area contributed by atoms with Gasteiger partial charge in [0.25, 0.3) is 0 Å². The maximum Gasteiger partial charge on any atom is 0.228 e. The van der Waals surface area contributed by atoms with Crippen molar-refractivity contribution in [3.63, 3.8) is 0 Å². The first-order valence-corrected chi connectivity index (χ1v) is 7.52. The van der Waals surface area contributed by atoms with E-state index in [1.807, 2.05) is 49.6 Å². The zero-order chi connectivity index (χ0) is 14.8. The number of anilines is 1. The van der Waals surface area contributed by atoms with Gasteiger partial charge >= 0.3 is 0 Å². The number of nitrogens with zero attached hydrogens (tertiary/aromatic N) is 1. The lowest BCUT2D eigenvalue weighted by atomic mass is 10.1. The monoisotopic (exact) mass is 342 g/mol. The maximum atomic E-state index is 12.2. The minimum Gasteiger partial charge on any atom is -0.350 e. The van der Waals surface area contributed by atoms with Gasteiger partial charge in [0.1, 0.15) is 0 Å². The highest BCUT2D eigenvalue weighted by atomic mass is 79.9. The lowest BCUT2D eigenvalue weighted by Crippen LogP contribution is -2.14. The molecule has 2 aromatic carbocycles. The summed E-state index contributed by atoms with van der Waals surface area (Å²) in [7, 11) is 2.00. The summed E-state index contributed by atoms with van der Waals surface area (Å²) in [5, 5.41) is 4.06. The second kappa shape index (κ2) is 5.74. The van der Waals surface area contributed by atoms with Gasteiger partial charge in [-0.1, -0.05) is 30.3 Å². The van der Waals surface area contributed by atoms with Crippen molar-refractivity contribution in [2.45, 2.75) is 6.42 Å². The van der Waals surface area contributed by atoms with E-state index in [1.54, 1.807) is 0 Å². The number of nitrogens with one attached hydrogen (secondary N) is 1. The molecule has 0 aliphatic carbocycles. The van der Waals surface area contributed by atoms with E-state index in [-0.39, 0.29) is 5.91 Å². The van der Waals surface area contributed by atoms with Gasteiger partial charge in [-0.2, -0.15) is 0 Å². The molecule has 1 N–H and O–H groups in total. The predicted molar refractivity (Wildman–Crippen MR) is 89.4 cm³/mol. The Morgan fingerprint density at radius 1 is 1.14 bits per heavy atom. The minimum atomic E-state index is -0.0155. The van der Waals surface area contributed by atoms with Crippen LogP contribution in [-0.2, 0) is 18.3 Å². The highest BCUT2D eigenvalue weighted by Gasteiger charge is 2.11. The first-order valence-electron chi connectivity index (χ1n) is 6.72. The first-order chi connectivity index (χ1) is 10.1. The Bertz CT molecular complexity index is 807. The number of amides is 1. The molecule has 0 unspecified atom stereocenters. The van der Waals surface area contributed by atoms with Gasteiger partial charge in [0.15, 0.2) is 0 Å². The summed E-state index contributed by atoms with van der Waals surface area (Å²) in [4.78, 5) is 12.2. The number of fused-ring (bicyclic) bond motifs is 1. The molecule has 1 aromatic heterocycles. The SMILES string of the molecule is Cn1cc(CC(=O)Nc2ccccc2Br)c2ccccc21. The fourth-order valence-corrected chi connectivity index (χ4v) is 2.88. The van der Waals surface area contributed by atoms with Crippen LogP contribution in [0.2, 0.25) is 0 Å². The summed E-state index contributed by atoms with van der Waals surface area (Å²) >= 11 is 3.44. The summed E-state index contributed by atoms with van der Waals surface area (Å²) in [6.45, 7) is 0. The fraction of sp³-hybridized carbons (Fsp3) is 0.118. The molecule has 0 aliphatic heterocycles. The Morgan fingerprint density at radius 2 is 1.86 bits per heavy atom. The van der Waals surface area contributed by atoms with Crippen molar-refractivity contribution in [1.29, 1.82) is 0 Å². The van der Waals surface area contributed by atoms with E-state index in [2.05, 4.69) is 37.9 Å². The number of hydrogen-bond donors (Lipinski definition) is 1. The van der Waals surface area contributed by atoms with Gasteiger partial charge in [-0.05, 0) is 39.7 Å². The summed E-state index contributed by atoms with van der Waals surface area (Å²) < 4.78 is 2.94. The molecule has 106 valence electrons. The van der Waals surface area contributed by atoms with Crippen molar-refractivity contribution in [2.75, 3.05) is 5.32 Å². The van der Waals surface area contributed by atoms with Crippen molar-refractivity contribution in [3.05, 3.63) is 64.8 Å². The van der Waals surface area contributed by atoms with Crippen molar-refractivity contribution < 1.29 is 4.79 Å². The Morgan fingerprint density at radius 3 is 2.67 bits per heavy atom. The smallest absolute Gasteiger partial charge is 0.228 e. The number of para-hydroxylation sites is 2. The van der Waals surface area contributed by atoms with Crippen LogP contribution in [0.4, 0.5) is 5.69 Å². The van der Waals surface area contributed by atoms with Crippen LogP contribution in [0.25, 0.3) is 10.9 Å². The lowest BCUT2D eigenvalue weighted by molar-refractivity contribution is -0.115. The number of rotatable bonds is 3. The number of halogens is 1. The number of benzene rings is 2. The Labute approximate surface area is 131 Å². The summed E-state index contributed by atoms with van der Waals surface area (Å²) in [6, 6.07) is 15.7. The van der Waals surface area contributed by atoms with Crippen LogP contribution in [-0.4, -0.2) is 10.5 Å². The summed E-state index contributed by atoms with van der Waals surface area (Å²) in [5.74, 6) is -0.0155. The maximum absolute atomic E-state index is 12.2. The van der Waals surface area contributed by atoms with Crippen molar-refractivity contribution >= 4 is 38.4 Å². The van der Waals surface area contributed by atoms with Crippen LogP contribution in [0.3, 0.4) is 0 Å². The zero-order valence-electron chi connectivity index (χ0n) is 11.6. The molecule has 4 heteroatoms. The average Bonchev–Trinajstić information content (AvgIpc) is 2.79. The van der Waals surface area contributed by atoms with Gasteiger partial charge in [0.05, 0.1) is 12.1 Å². The van der Waals surface area contributed by atoms with Crippen molar-refractivity contribution in [1.82, 2.24) is 4.57 Å². The van der Waals surface area contributed by atoms with Gasteiger partial charge in [-0.25, -0.2) is 0 Å². The van der Waals surface area contributed by atoms with E-state index in [0.29, 0.717) is 6.42 Å². The van der Waals surface area contributed by atoms with Crippen molar-refractivity contribution in [3.8, 4) is 0 Å². The normalized spacial score (nSPS) is 10.8. The number of aromatic nitrogens is 1. The molecule has 0 atom stereocenters. The third-order valence-electron chi connectivity index (χ3n) is 3.48. The molecule has 1 heterocycles. The largest absolute Gasteiger partial charge is 0.350 e. The summed E-state index contributed by atoms with van der Waals surface area (Å²) in [5.41, 5.74) is 2.97. The molecule has 21 heavy (non-hydrogen) atoms. The zero-order valence-corrected chi connectivity index (χ0v) is 13.2. The van der Waals surface area contributed by atoms with Gasteiger partial charge in [0.2, 0.25) is 5.91 Å². The topological polar surface area (TPSA) is 34.0 Å². The van der Waals surface area contributed by atoms with E-state index in [1.165, 1.54) is 0 Å². The van der Waals surface area contributed by atoms with Crippen LogP contribution < -0.4 is 5.32 Å². The molecule has 0 saturated heterocycles. The molecule has 0 spiro atoms. The quantitative estimate of drug-likeness (QED) is 0.763. The molecular formula is C17H15BrN2O. The molecular weight excluding hydrogens is 328 g/mol. The highest BCUT2D eigenvalue weighted by molar-refractivity contribution is 9.10. The van der Waals surface area contributed by atoms with E-state index in [0.717, 1.165) is 26.6 Å². The molecule has 3 aromatic rings. The lowest BCUT2D eigenvalue weighted by Gasteiger charge is -2.06. The summed E-state index contributed by atoms with van der Waals surface area (Å²) in [6.07, 6.45) is 2.38. The molecule has 0 radical (unpaired) electrons. The number of carbonyl (C=O) groups is 1. The van der Waals surface area contributed by atoms with E-state index < -0.39 is 0 Å². The van der Waals surface area contributed by atoms with Crippen molar-refractivity contribution in [2.24, 2.45) is 7.05 Å². The highest BCUT2D eigenvalue weighted by Crippen LogP contribution is 2.23. The molecule has 0 bridgehead atoms. The predicted octanol–water partition coefficient (Wildman–Crippen LogP) is 4.12. The van der Waals surface area contributed by atoms with Crippen LogP contribution in [0, 0.1) is 0 Å². The molecule has 0 aliphatic rings. The molecule has 0 saturated carbocycles. The van der Waals surface area contributed by atoms with Crippen LogP contribution in [0.1, 0.15) is 5.56 Å². The molecule has 1 amide bonds. The Balaban J connectivity index is 1.82. The minimum absolute atomic E-state index is 0.0155. The van der Waals surface area contributed by atoms with Crippen LogP contribution >= 0.6 is 15.9 Å². The Hall–Kier alpha value is -2.07. The third-order valence-corrected chi connectivity index (χ3v) is 4.17. The standard InChI is InChI=1S/C17H15BrN2O/c1-20-11-12(13-6-2-5-9-16(13)20)10-17(21)19-15-8-4-3-7-14(15)18/h2-9,11H,10H2,1H3,(H,19,21). The van der Waals surface area contributed by atoms with Gasteiger partial charge in [-0.15, -0.1) is 0 Å². The fourth-order valence-electron chi connectivity index (χ4n) is 2.50. The van der Waals surface area contributed by atoms with Gasteiger partial charge < -0.3 is 9.88 Å². The van der Waals surface area contributed by atoms with E-state index >= 15 is 0 Å². The number of hydrogen-bond acceptors (Lipinski definition) is 1. The van der Waals surface area contributed by atoms with Gasteiger partial charge in [-0.3, -0.25) is 4.79 Å². The number of carbonyl (C=O) groups excluding carboxylic acids is 1.